The molecule has 1 atom stereocenters. The van der Waals surface area contributed by atoms with Crippen molar-refractivity contribution in [2.75, 3.05) is 20.7 Å². The smallest absolute Gasteiger partial charge is 0.258 e. The predicted molar refractivity (Wildman–Crippen MR) is 105 cm³/mol. The third-order valence-corrected chi connectivity index (χ3v) is 5.22. The Morgan fingerprint density at radius 3 is 2.69 bits per heavy atom. The maximum atomic E-state index is 13.9. The van der Waals surface area contributed by atoms with Crippen LogP contribution in [0.2, 0.25) is 5.02 Å². The first-order valence-corrected chi connectivity index (χ1v) is 9.53. The monoisotopic (exact) mass is 422 g/mol. The summed E-state index contributed by atoms with van der Waals surface area (Å²) < 4.78 is 32.3. The number of halogens is 3. The topological polar surface area (TPSA) is 49.9 Å². The van der Waals surface area contributed by atoms with E-state index < -0.39 is 17.7 Å². The van der Waals surface area contributed by atoms with Crippen molar-refractivity contribution in [1.82, 2.24) is 9.80 Å². The Labute approximate surface area is 172 Å². The zero-order valence-corrected chi connectivity index (χ0v) is 16.9. The maximum absolute atomic E-state index is 13.9. The fraction of sp³-hybridized carbons (Fsp3) is 0.333. The molecule has 1 aliphatic rings. The number of ether oxygens (including phenoxy) is 1. The van der Waals surface area contributed by atoms with Gasteiger partial charge in [0.1, 0.15) is 23.4 Å². The number of likely N-dealkylation sites (tertiary alicyclic amines) is 1. The Morgan fingerprint density at radius 2 is 2.00 bits per heavy atom. The number of nitrogens with zero attached hydrogens (tertiary/aromatic N) is 2. The van der Waals surface area contributed by atoms with Gasteiger partial charge in [0.15, 0.2) is 0 Å². The van der Waals surface area contributed by atoms with E-state index in [0.29, 0.717) is 30.2 Å². The molecule has 0 saturated carbocycles. The molecule has 5 nitrogen and oxygen atoms in total. The summed E-state index contributed by atoms with van der Waals surface area (Å²) in [7, 11) is 2.99. The lowest BCUT2D eigenvalue weighted by molar-refractivity contribution is -0.134. The Balaban J connectivity index is 1.78. The molecular weight excluding hydrogens is 402 g/mol. The first-order chi connectivity index (χ1) is 13.8. The van der Waals surface area contributed by atoms with Gasteiger partial charge in [-0.25, -0.2) is 8.78 Å². The van der Waals surface area contributed by atoms with E-state index in [0.717, 1.165) is 12.1 Å². The van der Waals surface area contributed by atoms with E-state index in [1.165, 1.54) is 36.1 Å². The van der Waals surface area contributed by atoms with E-state index in [9.17, 15) is 18.4 Å². The molecule has 2 amide bonds. The van der Waals surface area contributed by atoms with Crippen LogP contribution in [0.15, 0.2) is 36.4 Å². The molecule has 2 aromatic carbocycles. The van der Waals surface area contributed by atoms with Crippen LogP contribution in [0.5, 0.6) is 5.75 Å². The van der Waals surface area contributed by atoms with Gasteiger partial charge < -0.3 is 14.5 Å². The Kier molecular flexibility index (Phi) is 6.37. The lowest BCUT2D eigenvalue weighted by atomic mass is 10.1. The summed E-state index contributed by atoms with van der Waals surface area (Å²) in [5, 5.41) is 0.389. The second-order valence-electron chi connectivity index (χ2n) is 6.93. The number of carbonyl (C=O) groups excluding carboxylic acids is 2. The van der Waals surface area contributed by atoms with Gasteiger partial charge in [0.05, 0.1) is 12.7 Å². The molecule has 0 bridgehead atoms. The molecule has 1 fully saturated rings. The fourth-order valence-electron chi connectivity index (χ4n) is 3.51. The van der Waals surface area contributed by atoms with Crippen LogP contribution in [0.4, 0.5) is 8.78 Å². The average molecular weight is 423 g/mol. The van der Waals surface area contributed by atoms with Crippen molar-refractivity contribution in [3.63, 3.8) is 0 Å². The molecule has 1 saturated heterocycles. The second-order valence-corrected chi connectivity index (χ2v) is 7.37. The highest BCUT2D eigenvalue weighted by atomic mass is 35.5. The molecule has 0 N–H and O–H groups in total. The third kappa shape index (κ3) is 4.50. The summed E-state index contributed by atoms with van der Waals surface area (Å²) in [6.45, 7) is 0.396. The standard InChI is InChI=1S/C21H21ClF2N2O3/c1-25(12-13-5-7-15(23)11-17(13)24)21(28)18-4-3-9-26(18)20(27)16-10-14(22)6-8-19(16)29-2/h5-8,10-11,18H,3-4,9,12H2,1-2H3/t18-/m0/s1. The first-order valence-electron chi connectivity index (χ1n) is 9.15. The first kappa shape index (κ1) is 21.0. The predicted octanol–water partition coefficient (Wildman–Crippen LogP) is 3.89. The van der Waals surface area contributed by atoms with Crippen LogP contribution in [0.25, 0.3) is 0 Å². The van der Waals surface area contributed by atoms with Crippen LogP contribution in [-0.4, -0.2) is 48.4 Å². The highest BCUT2D eigenvalue weighted by Gasteiger charge is 2.37. The summed E-state index contributed by atoms with van der Waals surface area (Å²) in [6, 6.07) is 7.31. The maximum Gasteiger partial charge on any atom is 0.258 e. The van der Waals surface area contributed by atoms with Crippen molar-refractivity contribution >= 4 is 23.4 Å². The number of likely N-dealkylation sites (N-methyl/N-ethyl adjacent to an activating group) is 1. The summed E-state index contributed by atoms with van der Waals surface area (Å²) in [5.74, 6) is -1.67. The second kappa shape index (κ2) is 8.78. The van der Waals surface area contributed by atoms with Crippen LogP contribution in [0, 0.1) is 11.6 Å². The molecule has 0 aliphatic carbocycles. The van der Waals surface area contributed by atoms with Gasteiger partial charge in [-0.15, -0.1) is 0 Å². The highest BCUT2D eigenvalue weighted by molar-refractivity contribution is 6.31. The van der Waals surface area contributed by atoms with E-state index >= 15 is 0 Å². The van der Waals surface area contributed by atoms with Crippen LogP contribution in [0.3, 0.4) is 0 Å². The Bertz CT molecular complexity index is 938. The van der Waals surface area contributed by atoms with E-state index in [1.54, 1.807) is 12.1 Å². The highest BCUT2D eigenvalue weighted by Crippen LogP contribution is 2.28. The van der Waals surface area contributed by atoms with Crippen molar-refractivity contribution in [2.45, 2.75) is 25.4 Å². The van der Waals surface area contributed by atoms with Gasteiger partial charge in [0.25, 0.3) is 5.91 Å². The minimum absolute atomic E-state index is 0.0238. The molecule has 1 heterocycles. The normalized spacial score (nSPS) is 16.0. The fourth-order valence-corrected chi connectivity index (χ4v) is 3.68. The van der Waals surface area contributed by atoms with Crippen molar-refractivity contribution in [3.05, 3.63) is 64.2 Å². The van der Waals surface area contributed by atoms with Gasteiger partial charge in [0, 0.05) is 36.8 Å². The molecule has 2 aromatic rings. The Hall–Kier alpha value is -2.67. The van der Waals surface area contributed by atoms with Gasteiger partial charge in [0.2, 0.25) is 5.91 Å². The van der Waals surface area contributed by atoms with Crippen molar-refractivity contribution < 1.29 is 23.1 Å². The molecule has 3 rings (SSSR count). The van der Waals surface area contributed by atoms with Crippen LogP contribution >= 0.6 is 11.6 Å². The summed E-state index contributed by atoms with van der Waals surface area (Å²) >= 11 is 6.03. The third-order valence-electron chi connectivity index (χ3n) is 4.99. The van der Waals surface area contributed by atoms with E-state index in [2.05, 4.69) is 0 Å². The number of methoxy groups -OCH3 is 1. The van der Waals surface area contributed by atoms with Crippen molar-refractivity contribution in [2.24, 2.45) is 0 Å². The van der Waals surface area contributed by atoms with Gasteiger partial charge >= 0.3 is 0 Å². The Morgan fingerprint density at radius 1 is 1.24 bits per heavy atom. The zero-order valence-electron chi connectivity index (χ0n) is 16.1. The lowest BCUT2D eigenvalue weighted by Crippen LogP contribution is -2.46. The molecule has 1 aliphatic heterocycles. The molecule has 29 heavy (non-hydrogen) atoms. The minimum atomic E-state index is -0.715. The van der Waals surface area contributed by atoms with E-state index in [-0.39, 0.29) is 29.5 Å². The van der Waals surface area contributed by atoms with Gasteiger partial charge in [-0.3, -0.25) is 9.59 Å². The summed E-state index contributed by atoms with van der Waals surface area (Å²) in [5.41, 5.74) is 0.488. The molecule has 0 spiro atoms. The molecule has 0 radical (unpaired) electrons. The van der Waals surface area contributed by atoms with E-state index in [1.807, 2.05) is 0 Å². The SMILES string of the molecule is COc1ccc(Cl)cc1C(=O)N1CCC[C@H]1C(=O)N(C)Cc1ccc(F)cc1F. The number of hydrogen-bond donors (Lipinski definition) is 0. The molecule has 0 unspecified atom stereocenters. The van der Waals surface area contributed by atoms with Crippen LogP contribution in [-0.2, 0) is 11.3 Å². The largest absolute Gasteiger partial charge is 0.496 e. The van der Waals surface area contributed by atoms with Crippen LogP contribution < -0.4 is 4.74 Å². The average Bonchev–Trinajstić information content (AvgIpc) is 3.18. The van der Waals surface area contributed by atoms with E-state index in [4.69, 9.17) is 16.3 Å². The lowest BCUT2D eigenvalue weighted by Gasteiger charge is -2.28. The van der Waals surface area contributed by atoms with Gasteiger partial charge in [-0.05, 0) is 37.1 Å². The molecular formula is C21H21ClF2N2O3. The molecule has 8 heteroatoms. The minimum Gasteiger partial charge on any atom is -0.496 e. The van der Waals surface area contributed by atoms with Gasteiger partial charge in [-0.2, -0.15) is 0 Å². The number of rotatable bonds is 5. The number of carbonyl (C=O) groups is 2. The number of amides is 2. The quantitative estimate of drug-likeness (QED) is 0.734. The zero-order chi connectivity index (χ0) is 21.1. The number of hydrogen-bond acceptors (Lipinski definition) is 3. The number of benzene rings is 2. The van der Waals surface area contributed by atoms with Crippen molar-refractivity contribution in [1.29, 1.82) is 0 Å². The molecule has 154 valence electrons. The van der Waals surface area contributed by atoms with Gasteiger partial charge in [-0.1, -0.05) is 17.7 Å². The summed E-state index contributed by atoms with van der Waals surface area (Å²) in [6.07, 6.45) is 1.17. The van der Waals surface area contributed by atoms with Crippen molar-refractivity contribution in [3.8, 4) is 5.75 Å². The summed E-state index contributed by atoms with van der Waals surface area (Å²) in [4.78, 5) is 28.9. The molecule has 0 aromatic heterocycles. The van der Waals surface area contributed by atoms with Crippen LogP contribution in [0.1, 0.15) is 28.8 Å².